The summed E-state index contributed by atoms with van der Waals surface area (Å²) in [6.45, 7) is 4.35. The number of rotatable bonds is 4. The zero-order chi connectivity index (χ0) is 14.5. The number of ether oxygens (including phenoxy) is 1. The van der Waals surface area contributed by atoms with Gasteiger partial charge in [0.15, 0.2) is 0 Å². The molecule has 2 atom stereocenters. The number of nitrogens with one attached hydrogen (secondary N) is 1. The van der Waals surface area contributed by atoms with Crippen LogP contribution in [0.3, 0.4) is 0 Å². The van der Waals surface area contributed by atoms with Crippen molar-refractivity contribution in [2.75, 3.05) is 11.9 Å². The van der Waals surface area contributed by atoms with Crippen molar-refractivity contribution < 1.29 is 14.7 Å². The van der Waals surface area contributed by atoms with Gasteiger partial charge in [-0.25, -0.2) is 0 Å². The zero-order valence-corrected chi connectivity index (χ0v) is 11.8. The standard InChI is InChI=1S/C15H20N2O3/c1-3-14-12(8-9-20-14)15(18)16-13-7-5-4-6-11(13)10(2)17-19/h4-7,12,14,19H,3,8-9H2,1-2H3,(H,16,18)/b17-10+. The van der Waals surface area contributed by atoms with Gasteiger partial charge in [0, 0.05) is 17.9 Å². The number of benzene rings is 1. The maximum Gasteiger partial charge on any atom is 0.230 e. The van der Waals surface area contributed by atoms with Crippen LogP contribution in [0.15, 0.2) is 29.4 Å². The molecule has 2 unspecified atom stereocenters. The Morgan fingerprint density at radius 2 is 2.25 bits per heavy atom. The van der Waals surface area contributed by atoms with Crippen LogP contribution in [0, 0.1) is 5.92 Å². The summed E-state index contributed by atoms with van der Waals surface area (Å²) in [5.41, 5.74) is 1.85. The Bertz CT molecular complexity index is 514. The quantitative estimate of drug-likeness (QED) is 0.504. The number of oxime groups is 1. The average molecular weight is 276 g/mol. The second-order valence-electron chi connectivity index (χ2n) is 4.93. The monoisotopic (exact) mass is 276 g/mol. The molecule has 1 aromatic rings. The molecule has 0 radical (unpaired) electrons. The van der Waals surface area contributed by atoms with Crippen LogP contribution >= 0.6 is 0 Å². The van der Waals surface area contributed by atoms with Crippen LogP contribution in [0.5, 0.6) is 0 Å². The van der Waals surface area contributed by atoms with E-state index in [1.165, 1.54) is 0 Å². The van der Waals surface area contributed by atoms with Crippen LogP contribution in [0.4, 0.5) is 5.69 Å². The van der Waals surface area contributed by atoms with Crippen molar-refractivity contribution in [1.82, 2.24) is 0 Å². The first-order chi connectivity index (χ1) is 9.67. The van der Waals surface area contributed by atoms with Crippen molar-refractivity contribution in [3.05, 3.63) is 29.8 Å². The lowest BCUT2D eigenvalue weighted by atomic mass is 9.98. The lowest BCUT2D eigenvalue weighted by Crippen LogP contribution is -2.29. The smallest absolute Gasteiger partial charge is 0.230 e. The van der Waals surface area contributed by atoms with Gasteiger partial charge in [-0.2, -0.15) is 0 Å². The molecular formula is C15H20N2O3. The number of carbonyl (C=O) groups excluding carboxylic acids is 1. The summed E-state index contributed by atoms with van der Waals surface area (Å²) >= 11 is 0. The fourth-order valence-corrected chi connectivity index (χ4v) is 2.54. The third-order valence-electron chi connectivity index (χ3n) is 3.67. The Morgan fingerprint density at radius 3 is 2.95 bits per heavy atom. The van der Waals surface area contributed by atoms with E-state index in [9.17, 15) is 4.79 Å². The van der Waals surface area contributed by atoms with Gasteiger partial charge in [0.1, 0.15) is 0 Å². The maximum absolute atomic E-state index is 12.4. The molecule has 2 N–H and O–H groups in total. The van der Waals surface area contributed by atoms with Crippen molar-refractivity contribution in [2.45, 2.75) is 32.8 Å². The SMILES string of the molecule is CCC1OCCC1C(=O)Nc1ccccc1/C(C)=N/O. The van der Waals surface area contributed by atoms with E-state index in [2.05, 4.69) is 10.5 Å². The molecule has 0 aromatic heterocycles. The summed E-state index contributed by atoms with van der Waals surface area (Å²) in [5.74, 6) is -0.146. The molecule has 1 aromatic carbocycles. The summed E-state index contributed by atoms with van der Waals surface area (Å²) in [5, 5.41) is 15.0. The molecule has 1 fully saturated rings. The van der Waals surface area contributed by atoms with Crippen molar-refractivity contribution in [3.8, 4) is 0 Å². The first kappa shape index (κ1) is 14.5. The molecule has 5 heteroatoms. The van der Waals surface area contributed by atoms with Gasteiger partial charge in [-0.3, -0.25) is 4.79 Å². The summed E-state index contributed by atoms with van der Waals surface area (Å²) in [6, 6.07) is 7.30. The van der Waals surface area contributed by atoms with Crippen LogP contribution in [0.25, 0.3) is 0 Å². The highest BCUT2D eigenvalue weighted by molar-refractivity contribution is 6.06. The molecule has 2 rings (SSSR count). The topological polar surface area (TPSA) is 70.9 Å². The first-order valence-corrected chi connectivity index (χ1v) is 6.88. The minimum Gasteiger partial charge on any atom is -0.411 e. The van der Waals surface area contributed by atoms with E-state index in [0.717, 1.165) is 18.4 Å². The van der Waals surface area contributed by atoms with Crippen LogP contribution in [-0.2, 0) is 9.53 Å². The summed E-state index contributed by atoms with van der Waals surface area (Å²) in [4.78, 5) is 12.4. The molecule has 0 saturated carbocycles. The summed E-state index contributed by atoms with van der Waals surface area (Å²) < 4.78 is 5.55. The highest BCUT2D eigenvalue weighted by Gasteiger charge is 2.33. The average Bonchev–Trinajstić information content (AvgIpc) is 2.95. The van der Waals surface area contributed by atoms with Crippen molar-refractivity contribution in [2.24, 2.45) is 11.1 Å². The summed E-state index contributed by atoms with van der Waals surface area (Å²) in [6.07, 6.45) is 1.57. The van der Waals surface area contributed by atoms with Gasteiger partial charge >= 0.3 is 0 Å². The zero-order valence-electron chi connectivity index (χ0n) is 11.8. The Labute approximate surface area is 118 Å². The number of hydrogen-bond acceptors (Lipinski definition) is 4. The van der Waals surface area contributed by atoms with Gasteiger partial charge in [0.25, 0.3) is 0 Å². The Kier molecular flexibility index (Phi) is 4.74. The fraction of sp³-hybridized carbons (Fsp3) is 0.467. The van der Waals surface area contributed by atoms with Crippen molar-refractivity contribution in [1.29, 1.82) is 0 Å². The van der Waals surface area contributed by atoms with Gasteiger partial charge in [-0.15, -0.1) is 0 Å². The van der Waals surface area contributed by atoms with Crippen LogP contribution in [-0.4, -0.2) is 29.5 Å². The third kappa shape index (κ3) is 2.99. The number of hydrogen-bond donors (Lipinski definition) is 2. The van der Waals surface area contributed by atoms with Gasteiger partial charge in [0.05, 0.1) is 17.7 Å². The van der Waals surface area contributed by atoms with Crippen LogP contribution in [0.2, 0.25) is 0 Å². The van der Waals surface area contributed by atoms with Gasteiger partial charge < -0.3 is 15.3 Å². The highest BCUT2D eigenvalue weighted by atomic mass is 16.5. The van der Waals surface area contributed by atoms with E-state index in [-0.39, 0.29) is 17.9 Å². The molecule has 108 valence electrons. The molecule has 1 amide bonds. The summed E-state index contributed by atoms with van der Waals surface area (Å²) in [7, 11) is 0. The predicted molar refractivity (Wildman–Crippen MR) is 77.2 cm³/mol. The molecule has 0 spiro atoms. The van der Waals surface area contributed by atoms with E-state index in [0.29, 0.717) is 18.0 Å². The Balaban J connectivity index is 2.16. The molecule has 1 heterocycles. The molecule has 0 aliphatic carbocycles. The second kappa shape index (κ2) is 6.52. The number of nitrogens with zero attached hydrogens (tertiary/aromatic N) is 1. The molecule has 20 heavy (non-hydrogen) atoms. The first-order valence-electron chi connectivity index (χ1n) is 6.88. The predicted octanol–water partition coefficient (Wildman–Crippen LogP) is 2.64. The highest BCUT2D eigenvalue weighted by Crippen LogP contribution is 2.26. The van der Waals surface area contributed by atoms with Crippen LogP contribution < -0.4 is 5.32 Å². The Hall–Kier alpha value is -1.88. The maximum atomic E-state index is 12.4. The van der Waals surface area contributed by atoms with E-state index in [4.69, 9.17) is 9.94 Å². The normalized spacial score (nSPS) is 22.8. The lowest BCUT2D eigenvalue weighted by Gasteiger charge is -2.17. The van der Waals surface area contributed by atoms with Gasteiger partial charge in [0.2, 0.25) is 5.91 Å². The van der Waals surface area contributed by atoms with Gasteiger partial charge in [-0.1, -0.05) is 30.3 Å². The molecule has 5 nitrogen and oxygen atoms in total. The van der Waals surface area contributed by atoms with Gasteiger partial charge in [-0.05, 0) is 25.8 Å². The number of para-hydroxylation sites is 1. The van der Waals surface area contributed by atoms with Crippen molar-refractivity contribution >= 4 is 17.3 Å². The molecule has 1 aliphatic heterocycles. The van der Waals surface area contributed by atoms with Crippen molar-refractivity contribution in [3.63, 3.8) is 0 Å². The number of carbonyl (C=O) groups is 1. The largest absolute Gasteiger partial charge is 0.411 e. The third-order valence-corrected chi connectivity index (χ3v) is 3.67. The van der Waals surface area contributed by atoms with E-state index >= 15 is 0 Å². The molecule has 1 saturated heterocycles. The Morgan fingerprint density at radius 1 is 1.50 bits per heavy atom. The number of amides is 1. The molecule has 0 bridgehead atoms. The molecular weight excluding hydrogens is 256 g/mol. The minimum absolute atomic E-state index is 0.00484. The fourth-order valence-electron chi connectivity index (χ4n) is 2.54. The van der Waals surface area contributed by atoms with E-state index < -0.39 is 0 Å². The molecule has 1 aliphatic rings. The minimum atomic E-state index is -0.112. The number of anilines is 1. The van der Waals surface area contributed by atoms with E-state index in [1.807, 2.05) is 25.1 Å². The lowest BCUT2D eigenvalue weighted by molar-refractivity contribution is -0.121. The van der Waals surface area contributed by atoms with E-state index in [1.54, 1.807) is 13.0 Å². The second-order valence-corrected chi connectivity index (χ2v) is 4.93. The van der Waals surface area contributed by atoms with Crippen LogP contribution in [0.1, 0.15) is 32.3 Å².